The van der Waals surface area contributed by atoms with Crippen LogP contribution in [0.5, 0.6) is 0 Å². The third-order valence-corrected chi connectivity index (χ3v) is 5.53. The zero-order valence-corrected chi connectivity index (χ0v) is 14.3. The second kappa shape index (κ2) is 5.70. The topological polar surface area (TPSA) is 60.6 Å². The van der Waals surface area contributed by atoms with Crippen LogP contribution in [0.2, 0.25) is 0 Å². The van der Waals surface area contributed by atoms with Gasteiger partial charge in [-0.15, -0.1) is 0 Å². The van der Waals surface area contributed by atoms with Crippen LogP contribution in [0, 0.1) is 0 Å². The lowest BCUT2D eigenvalue weighted by Crippen LogP contribution is -2.26. The van der Waals surface area contributed by atoms with Crippen LogP contribution in [0.25, 0.3) is 33.2 Å². The Bertz CT molecular complexity index is 1040. The quantitative estimate of drug-likeness (QED) is 0.601. The van der Waals surface area contributed by atoms with E-state index in [0.717, 1.165) is 23.1 Å². The fourth-order valence-electron chi connectivity index (χ4n) is 4.10. The Balaban J connectivity index is 1.59. The summed E-state index contributed by atoms with van der Waals surface area (Å²) in [6.45, 7) is 1.22. The number of benzene rings is 1. The summed E-state index contributed by atoms with van der Waals surface area (Å²) in [5.41, 5.74) is 6.72. The van der Waals surface area contributed by atoms with Gasteiger partial charge in [-0.1, -0.05) is 6.07 Å². The summed E-state index contributed by atoms with van der Waals surface area (Å²) in [4.78, 5) is 17.7. The maximum atomic E-state index is 4.32. The molecule has 0 bridgehead atoms. The predicted molar refractivity (Wildman–Crippen MR) is 101 cm³/mol. The molecule has 3 aromatic heterocycles. The number of likely N-dealkylation sites (N-methyl/N-ethyl adjacent to an activating group) is 1. The van der Waals surface area contributed by atoms with E-state index in [1.54, 1.807) is 6.33 Å². The highest BCUT2D eigenvalue weighted by Gasteiger charge is 2.22. The van der Waals surface area contributed by atoms with Gasteiger partial charge in [0.05, 0.1) is 11.8 Å². The highest BCUT2D eigenvalue weighted by atomic mass is 15.1. The van der Waals surface area contributed by atoms with Crippen LogP contribution in [0.4, 0.5) is 0 Å². The number of pyridine rings is 1. The standard InChI is InChI=1S/C20H21N5/c1-25-8-2-3-15(25)9-14-11-22-18-5-4-13(10-17(14)18)16-6-7-21-20-19(16)23-12-24-20/h4-7,10-12,15,22H,2-3,8-9H2,1H3,(H,21,23,24)/t15-/m1/s1. The average molecular weight is 331 g/mol. The first-order valence-corrected chi connectivity index (χ1v) is 8.88. The van der Waals surface area contributed by atoms with Gasteiger partial charge in [-0.2, -0.15) is 0 Å². The number of hydrogen-bond donors (Lipinski definition) is 2. The van der Waals surface area contributed by atoms with E-state index in [1.165, 1.54) is 41.4 Å². The lowest BCUT2D eigenvalue weighted by molar-refractivity contribution is 0.310. The van der Waals surface area contributed by atoms with Crippen molar-refractivity contribution in [2.75, 3.05) is 13.6 Å². The molecule has 126 valence electrons. The van der Waals surface area contributed by atoms with Crippen molar-refractivity contribution in [1.29, 1.82) is 0 Å². The minimum absolute atomic E-state index is 0.655. The van der Waals surface area contributed by atoms with Gasteiger partial charge in [-0.3, -0.25) is 0 Å². The van der Waals surface area contributed by atoms with Crippen molar-refractivity contribution in [2.45, 2.75) is 25.3 Å². The van der Waals surface area contributed by atoms with Crippen molar-refractivity contribution in [3.05, 3.63) is 48.5 Å². The molecule has 4 aromatic rings. The first kappa shape index (κ1) is 14.7. The Morgan fingerprint density at radius 3 is 3.04 bits per heavy atom. The van der Waals surface area contributed by atoms with Gasteiger partial charge in [0.15, 0.2) is 5.65 Å². The lowest BCUT2D eigenvalue weighted by atomic mass is 9.99. The molecule has 5 heteroatoms. The van der Waals surface area contributed by atoms with Crippen LogP contribution in [0.3, 0.4) is 0 Å². The van der Waals surface area contributed by atoms with E-state index in [4.69, 9.17) is 0 Å². The lowest BCUT2D eigenvalue weighted by Gasteiger charge is -2.18. The molecule has 1 aromatic carbocycles. The van der Waals surface area contributed by atoms with Crippen LogP contribution in [0.1, 0.15) is 18.4 Å². The number of rotatable bonds is 3. The molecule has 0 radical (unpaired) electrons. The number of aromatic amines is 2. The fraction of sp³-hybridized carbons (Fsp3) is 0.300. The summed E-state index contributed by atoms with van der Waals surface area (Å²) >= 11 is 0. The molecular weight excluding hydrogens is 310 g/mol. The minimum atomic E-state index is 0.655. The summed E-state index contributed by atoms with van der Waals surface area (Å²) in [7, 11) is 2.24. The van der Waals surface area contributed by atoms with Gasteiger partial charge < -0.3 is 14.9 Å². The molecule has 0 aliphatic carbocycles. The number of nitrogens with zero attached hydrogens (tertiary/aromatic N) is 3. The second-order valence-corrected chi connectivity index (χ2v) is 7.01. The second-order valence-electron chi connectivity index (χ2n) is 7.01. The fourth-order valence-corrected chi connectivity index (χ4v) is 4.10. The molecule has 1 aliphatic heterocycles. The van der Waals surface area contributed by atoms with E-state index < -0.39 is 0 Å². The van der Waals surface area contributed by atoms with Crippen LogP contribution in [-0.4, -0.2) is 44.5 Å². The molecule has 0 amide bonds. The summed E-state index contributed by atoms with van der Waals surface area (Å²) in [5.74, 6) is 0. The van der Waals surface area contributed by atoms with E-state index in [9.17, 15) is 0 Å². The first-order chi connectivity index (χ1) is 12.3. The Kier molecular flexibility index (Phi) is 3.35. The van der Waals surface area contributed by atoms with Crippen molar-refractivity contribution in [3.8, 4) is 11.1 Å². The molecular formula is C20H21N5. The normalized spacial score (nSPS) is 18.5. The Morgan fingerprint density at radius 2 is 2.16 bits per heavy atom. The van der Waals surface area contributed by atoms with Gasteiger partial charge in [-0.25, -0.2) is 9.97 Å². The molecule has 4 heterocycles. The molecule has 1 aliphatic rings. The largest absolute Gasteiger partial charge is 0.361 e. The van der Waals surface area contributed by atoms with Crippen molar-refractivity contribution in [2.24, 2.45) is 0 Å². The van der Waals surface area contributed by atoms with Crippen LogP contribution < -0.4 is 0 Å². The zero-order valence-electron chi connectivity index (χ0n) is 14.3. The van der Waals surface area contributed by atoms with Crippen molar-refractivity contribution < 1.29 is 0 Å². The molecule has 1 fully saturated rings. The van der Waals surface area contributed by atoms with E-state index in [1.807, 2.05) is 6.20 Å². The molecule has 0 saturated carbocycles. The number of fused-ring (bicyclic) bond motifs is 2. The first-order valence-electron chi connectivity index (χ1n) is 8.88. The number of H-pyrrole nitrogens is 2. The molecule has 0 unspecified atom stereocenters. The van der Waals surface area contributed by atoms with Crippen molar-refractivity contribution >= 4 is 22.1 Å². The number of hydrogen-bond acceptors (Lipinski definition) is 3. The molecule has 5 rings (SSSR count). The summed E-state index contributed by atoms with van der Waals surface area (Å²) < 4.78 is 0. The van der Waals surface area contributed by atoms with Gasteiger partial charge in [-0.05, 0) is 62.2 Å². The van der Waals surface area contributed by atoms with Gasteiger partial charge in [0.1, 0.15) is 0 Å². The third kappa shape index (κ3) is 2.43. The van der Waals surface area contributed by atoms with Crippen LogP contribution in [-0.2, 0) is 6.42 Å². The Hall–Kier alpha value is -2.66. The number of likely N-dealkylation sites (tertiary alicyclic amines) is 1. The maximum Gasteiger partial charge on any atom is 0.178 e. The molecule has 1 atom stereocenters. The molecule has 5 nitrogen and oxygen atoms in total. The Labute approximate surface area is 146 Å². The summed E-state index contributed by atoms with van der Waals surface area (Å²) in [6, 6.07) is 9.35. The van der Waals surface area contributed by atoms with Crippen LogP contribution >= 0.6 is 0 Å². The Morgan fingerprint density at radius 1 is 1.20 bits per heavy atom. The van der Waals surface area contributed by atoms with Crippen molar-refractivity contribution in [3.63, 3.8) is 0 Å². The van der Waals surface area contributed by atoms with Gasteiger partial charge >= 0.3 is 0 Å². The summed E-state index contributed by atoms with van der Waals surface area (Å²) in [5, 5.41) is 1.32. The van der Waals surface area contributed by atoms with E-state index >= 15 is 0 Å². The summed E-state index contributed by atoms with van der Waals surface area (Å²) in [6.07, 6.45) is 9.42. The number of imidazole rings is 1. The van der Waals surface area contributed by atoms with Crippen molar-refractivity contribution in [1.82, 2.24) is 24.8 Å². The number of nitrogens with one attached hydrogen (secondary N) is 2. The molecule has 2 N–H and O–H groups in total. The maximum absolute atomic E-state index is 4.32. The number of aromatic nitrogens is 4. The van der Waals surface area contributed by atoms with Crippen LogP contribution in [0.15, 0.2) is 43.0 Å². The highest BCUT2D eigenvalue weighted by Crippen LogP contribution is 2.31. The monoisotopic (exact) mass is 331 g/mol. The predicted octanol–water partition coefficient (Wildman–Crippen LogP) is 3.74. The zero-order chi connectivity index (χ0) is 16.8. The van der Waals surface area contributed by atoms with E-state index in [2.05, 4.69) is 62.3 Å². The minimum Gasteiger partial charge on any atom is -0.361 e. The SMILES string of the molecule is CN1CCC[C@@H]1Cc1c[nH]c2ccc(-c3ccnc4nc[nH]c34)cc12. The van der Waals surface area contributed by atoms with Gasteiger partial charge in [0, 0.05) is 34.9 Å². The van der Waals surface area contributed by atoms with E-state index in [-0.39, 0.29) is 0 Å². The average Bonchev–Trinajstić information content (AvgIpc) is 3.35. The smallest absolute Gasteiger partial charge is 0.178 e. The molecule has 1 saturated heterocycles. The van der Waals surface area contributed by atoms with Gasteiger partial charge in [0.2, 0.25) is 0 Å². The van der Waals surface area contributed by atoms with Gasteiger partial charge in [0.25, 0.3) is 0 Å². The third-order valence-electron chi connectivity index (χ3n) is 5.53. The van der Waals surface area contributed by atoms with E-state index in [0.29, 0.717) is 6.04 Å². The molecule has 0 spiro atoms. The highest BCUT2D eigenvalue weighted by molar-refractivity contribution is 5.94. The molecule has 25 heavy (non-hydrogen) atoms.